The maximum atomic E-state index is 2.77. The summed E-state index contributed by atoms with van der Waals surface area (Å²) >= 11 is 1.55. The molecule has 58 valence electrons. The summed E-state index contributed by atoms with van der Waals surface area (Å²) < 4.78 is 3.10. The first-order valence-electron chi connectivity index (χ1n) is 3.55. The fourth-order valence-electron chi connectivity index (χ4n) is 0.953. The molecule has 0 rings (SSSR count). The van der Waals surface area contributed by atoms with Crippen LogP contribution in [0.25, 0.3) is 0 Å². The molecular weight excluding hydrogens is 339 g/mol. The van der Waals surface area contributed by atoms with Gasteiger partial charge in [-0.3, -0.25) is 0 Å². The van der Waals surface area contributed by atoms with Crippen molar-refractivity contribution in [2.75, 3.05) is 0 Å². The average molecular weight is 356 g/mol. The van der Waals surface area contributed by atoms with E-state index in [1.807, 2.05) is 0 Å². The topological polar surface area (TPSA) is 0 Å². The second kappa shape index (κ2) is 5.21. The first-order valence-corrected chi connectivity index (χ1v) is 16.0. The molecule has 0 saturated heterocycles. The van der Waals surface area contributed by atoms with E-state index in [9.17, 15) is 0 Å². The van der Waals surface area contributed by atoms with Gasteiger partial charge in [0.2, 0.25) is 0 Å². The molecule has 0 bridgehead atoms. The van der Waals surface area contributed by atoms with Crippen LogP contribution in [-0.4, -0.2) is 14.2 Å². The van der Waals surface area contributed by atoms with E-state index in [1.165, 1.54) is 12.8 Å². The fraction of sp³-hybridized carbons (Fsp3) is 1.00. The molecule has 0 aromatic heterocycles. The van der Waals surface area contributed by atoms with Crippen molar-refractivity contribution in [1.82, 2.24) is 0 Å². The zero-order valence-electron chi connectivity index (χ0n) is 6.61. The Morgan fingerprint density at radius 3 is 1.67 bits per heavy atom. The van der Waals surface area contributed by atoms with E-state index >= 15 is 0 Å². The van der Waals surface area contributed by atoms with Gasteiger partial charge >= 0.3 is 73.5 Å². The number of hydrogen-bond donors (Lipinski definition) is 0. The Bertz CT molecular complexity index is 63.3. The van der Waals surface area contributed by atoms with Crippen LogP contribution in [0, 0.1) is 0 Å². The van der Waals surface area contributed by atoms with Crippen molar-refractivity contribution in [2.45, 2.75) is 40.6 Å². The molecule has 0 aliphatic heterocycles. The van der Waals surface area contributed by atoms with Gasteiger partial charge in [0, 0.05) is 0 Å². The van der Waals surface area contributed by atoms with Gasteiger partial charge in [0.25, 0.3) is 0 Å². The molecule has 9 heavy (non-hydrogen) atoms. The second-order valence-electron chi connectivity index (χ2n) is 2.56. The van der Waals surface area contributed by atoms with Crippen LogP contribution in [-0.2, 0) is 0 Å². The van der Waals surface area contributed by atoms with Gasteiger partial charge in [-0.05, 0) is 0 Å². The van der Waals surface area contributed by atoms with Gasteiger partial charge in [-0.15, -0.1) is 0 Å². The van der Waals surface area contributed by atoms with Crippen molar-refractivity contribution in [3.8, 4) is 0 Å². The molecule has 0 aliphatic rings. The zero-order chi connectivity index (χ0) is 7.33. The first kappa shape index (κ1) is 10.5. The summed E-state index contributed by atoms with van der Waals surface area (Å²) in [5.74, 6) is 0. The quantitative estimate of drug-likeness (QED) is 0.531. The molecule has 0 N–H and O–H groups in total. The maximum absolute atomic E-state index is 2.77. The molecule has 0 unspecified atom stereocenters. The van der Waals surface area contributed by atoms with Crippen molar-refractivity contribution in [2.24, 2.45) is 0 Å². The molecule has 0 aromatic carbocycles. The van der Waals surface area contributed by atoms with Crippen LogP contribution < -0.4 is 0 Å². The third kappa shape index (κ3) is 5.94. The van der Waals surface area contributed by atoms with Crippen LogP contribution in [0.3, 0.4) is 0 Å². The molecular formula is C7H17ITe. The second-order valence-corrected chi connectivity index (χ2v) is 25.7. The Balaban J connectivity index is 3.43. The summed E-state index contributed by atoms with van der Waals surface area (Å²) in [7, 11) is 0. The Morgan fingerprint density at radius 2 is 1.44 bits per heavy atom. The molecule has 0 fully saturated rings. The molecule has 0 heterocycles. The molecule has 2 heteroatoms. The van der Waals surface area contributed by atoms with Crippen LogP contribution in [0.1, 0.15) is 26.7 Å². The summed E-state index contributed by atoms with van der Waals surface area (Å²) in [6, 6.07) is 0. The zero-order valence-corrected chi connectivity index (χ0v) is 11.1. The van der Waals surface area contributed by atoms with Crippen LogP contribution in [0.15, 0.2) is 0 Å². The monoisotopic (exact) mass is 358 g/mol. The molecule has 0 saturated carbocycles. The average Bonchev–Trinajstić information content (AvgIpc) is 1.64. The van der Waals surface area contributed by atoms with Gasteiger partial charge in [0.1, 0.15) is 0 Å². The van der Waals surface area contributed by atoms with E-state index in [1.54, 1.807) is 8.94 Å². The van der Waals surface area contributed by atoms with Crippen molar-refractivity contribution in [1.29, 1.82) is 0 Å². The third-order valence-electron chi connectivity index (χ3n) is 1.26. The Labute approximate surface area is 72.9 Å². The number of hydrogen-bond acceptors (Lipinski definition) is 0. The molecule has 0 aliphatic carbocycles. The van der Waals surface area contributed by atoms with Crippen molar-refractivity contribution in [3.63, 3.8) is 0 Å². The van der Waals surface area contributed by atoms with Crippen LogP contribution in [0.4, 0.5) is 0 Å². The van der Waals surface area contributed by atoms with E-state index in [2.05, 4.69) is 37.5 Å². The third-order valence-corrected chi connectivity index (χ3v) is 14.4. The minimum atomic E-state index is -1.21. The minimum absolute atomic E-state index is 1.21. The van der Waals surface area contributed by atoms with Crippen LogP contribution in [0.5, 0.6) is 0 Å². The van der Waals surface area contributed by atoms with Crippen LogP contribution in [0.2, 0.25) is 13.9 Å². The normalized spacial score (nSPS) is 13.8. The predicted molar refractivity (Wildman–Crippen MR) is 55.8 cm³/mol. The summed E-state index contributed by atoms with van der Waals surface area (Å²) in [6.07, 6.45) is 2.81. The summed E-state index contributed by atoms with van der Waals surface area (Å²) in [4.78, 5) is 2.54. The molecule has 0 aromatic rings. The first-order chi connectivity index (χ1) is 4.12. The van der Waals surface area contributed by atoms with Gasteiger partial charge in [-0.25, -0.2) is 0 Å². The molecule has 0 atom stereocenters. The summed E-state index contributed by atoms with van der Waals surface area (Å²) in [5, 5.41) is 0. The van der Waals surface area contributed by atoms with Crippen LogP contribution >= 0.6 is 18.7 Å². The van der Waals surface area contributed by atoms with Gasteiger partial charge in [-0.1, -0.05) is 0 Å². The molecule has 0 radical (unpaired) electrons. The Hall–Kier alpha value is 1.52. The van der Waals surface area contributed by atoms with E-state index in [0.717, 1.165) is 0 Å². The Morgan fingerprint density at radius 1 is 1.11 bits per heavy atom. The standard InChI is InChI=1S/C7H17ITe/c1-4-6-9(3,8)7-5-2/h4-7H2,1-3H3. The van der Waals surface area contributed by atoms with E-state index in [0.29, 0.717) is 0 Å². The van der Waals surface area contributed by atoms with Gasteiger partial charge < -0.3 is 0 Å². The van der Waals surface area contributed by atoms with Gasteiger partial charge in [0.15, 0.2) is 0 Å². The van der Waals surface area contributed by atoms with Gasteiger partial charge in [-0.2, -0.15) is 0 Å². The van der Waals surface area contributed by atoms with E-state index in [4.69, 9.17) is 0 Å². The summed E-state index contributed by atoms with van der Waals surface area (Å²) in [5.41, 5.74) is 0. The van der Waals surface area contributed by atoms with Gasteiger partial charge in [0.05, 0.1) is 0 Å². The SMILES string of the molecule is CCC[Te](C)(I)CCC. The van der Waals surface area contributed by atoms with Crippen molar-refractivity contribution >= 4 is 32.9 Å². The Kier molecular flexibility index (Phi) is 6.09. The van der Waals surface area contributed by atoms with E-state index < -0.39 is 14.2 Å². The fourth-order valence-corrected chi connectivity index (χ4v) is 12.3. The predicted octanol–water partition coefficient (Wildman–Crippen LogP) is 3.82. The molecule has 0 nitrogen and oxygen atoms in total. The van der Waals surface area contributed by atoms with Crippen molar-refractivity contribution < 1.29 is 0 Å². The number of rotatable bonds is 4. The molecule has 0 spiro atoms. The van der Waals surface area contributed by atoms with Crippen molar-refractivity contribution in [3.05, 3.63) is 0 Å². The molecule has 0 amide bonds. The summed E-state index contributed by atoms with van der Waals surface area (Å²) in [6.45, 7) is 4.61. The van der Waals surface area contributed by atoms with E-state index in [-0.39, 0.29) is 0 Å². The number of halogens is 1.